The fourth-order valence-corrected chi connectivity index (χ4v) is 2.46. The predicted octanol–water partition coefficient (Wildman–Crippen LogP) is 4.78. The van der Waals surface area contributed by atoms with Crippen molar-refractivity contribution in [2.45, 2.75) is 27.7 Å². The zero-order valence-corrected chi connectivity index (χ0v) is 15.3. The van der Waals surface area contributed by atoms with Gasteiger partial charge in [-0.2, -0.15) is 0 Å². The third-order valence-corrected chi connectivity index (χ3v) is 3.66. The van der Waals surface area contributed by atoms with Crippen molar-refractivity contribution in [3.8, 4) is 11.3 Å². The number of ether oxygens (including phenoxy) is 1. The monoisotopic (exact) mass is 337 g/mol. The van der Waals surface area contributed by atoms with E-state index in [9.17, 15) is 4.79 Å². The van der Waals surface area contributed by atoms with Gasteiger partial charge in [-0.25, -0.2) is 14.8 Å². The lowest BCUT2D eigenvalue weighted by atomic mass is 10.1. The van der Waals surface area contributed by atoms with E-state index in [-0.39, 0.29) is 5.69 Å². The Bertz CT molecular complexity index is 909. The van der Waals surface area contributed by atoms with Crippen molar-refractivity contribution >= 4 is 22.6 Å². The molecule has 0 unspecified atom stereocenters. The van der Waals surface area contributed by atoms with Crippen LogP contribution >= 0.6 is 0 Å². The van der Waals surface area contributed by atoms with Crippen LogP contribution in [-0.2, 0) is 4.74 Å². The van der Waals surface area contributed by atoms with Crippen molar-refractivity contribution < 1.29 is 9.53 Å². The third kappa shape index (κ3) is 3.76. The highest BCUT2D eigenvalue weighted by atomic mass is 16.5. The molecule has 0 aliphatic rings. The summed E-state index contributed by atoms with van der Waals surface area (Å²) in [6.07, 6.45) is 0. The second-order valence-corrected chi connectivity index (χ2v) is 5.41. The van der Waals surface area contributed by atoms with Crippen molar-refractivity contribution in [2.24, 2.45) is 0 Å². The first-order valence-electron chi connectivity index (χ1n) is 8.21. The van der Waals surface area contributed by atoms with E-state index in [1.807, 2.05) is 51.1 Å². The first-order chi connectivity index (χ1) is 12.0. The third-order valence-electron chi connectivity index (χ3n) is 3.66. The molecular weight excluding hydrogens is 314 g/mol. The molecule has 130 valence electrons. The largest absolute Gasteiger partial charge is 0.464 e. The van der Waals surface area contributed by atoms with Gasteiger partial charge in [-0.3, -0.25) is 0 Å². The summed E-state index contributed by atoms with van der Waals surface area (Å²) in [6, 6.07) is 9.95. The average Bonchev–Trinajstić information content (AvgIpc) is 3.05. The Balaban J connectivity index is 0.00000109. The highest BCUT2D eigenvalue weighted by Gasteiger charge is 2.17. The fourth-order valence-electron chi connectivity index (χ4n) is 2.46. The summed E-state index contributed by atoms with van der Waals surface area (Å²) in [5, 5.41) is 0. The van der Waals surface area contributed by atoms with Crippen molar-refractivity contribution in [2.75, 3.05) is 7.11 Å². The zero-order chi connectivity index (χ0) is 18.6. The molecule has 0 saturated heterocycles. The number of aromatic nitrogens is 3. The Hall–Kier alpha value is -2.95. The van der Waals surface area contributed by atoms with Crippen LogP contribution in [0.25, 0.3) is 27.9 Å². The quantitative estimate of drug-likeness (QED) is 0.698. The summed E-state index contributed by atoms with van der Waals surface area (Å²) < 4.78 is 4.80. The number of hydrogen-bond donors (Lipinski definition) is 1. The van der Waals surface area contributed by atoms with E-state index in [0.29, 0.717) is 16.9 Å². The van der Waals surface area contributed by atoms with E-state index in [1.54, 1.807) is 6.92 Å². The van der Waals surface area contributed by atoms with Crippen LogP contribution in [0.5, 0.6) is 0 Å². The Morgan fingerprint density at radius 1 is 1.16 bits per heavy atom. The standard InChI is InChI=1S/C18H17N3O2.C2H6/c1-10(2)12-5-7-13(8-6-12)14-9-15-16(21-14)17(18(22)23-4)20-11(3)19-15;1-2/h5-9,21H,1H2,2-4H3;1-2H3. The van der Waals surface area contributed by atoms with Crippen LogP contribution in [-0.4, -0.2) is 28.0 Å². The predicted molar refractivity (Wildman–Crippen MR) is 101 cm³/mol. The van der Waals surface area contributed by atoms with Crippen LogP contribution in [0.15, 0.2) is 36.9 Å². The smallest absolute Gasteiger partial charge is 0.358 e. The van der Waals surface area contributed by atoms with E-state index in [1.165, 1.54) is 7.11 Å². The average molecular weight is 337 g/mol. The topological polar surface area (TPSA) is 67.9 Å². The van der Waals surface area contributed by atoms with Crippen LogP contribution in [0.3, 0.4) is 0 Å². The molecule has 0 amide bonds. The molecule has 3 rings (SSSR count). The summed E-state index contributed by atoms with van der Waals surface area (Å²) in [5.41, 5.74) is 5.51. The Morgan fingerprint density at radius 3 is 2.36 bits per heavy atom. The lowest BCUT2D eigenvalue weighted by Gasteiger charge is -2.02. The van der Waals surface area contributed by atoms with Gasteiger partial charge in [0.1, 0.15) is 5.82 Å². The number of allylic oxidation sites excluding steroid dienone is 1. The maximum absolute atomic E-state index is 11.9. The molecule has 5 nitrogen and oxygen atoms in total. The number of methoxy groups -OCH3 is 1. The van der Waals surface area contributed by atoms with Crippen molar-refractivity contribution in [1.82, 2.24) is 15.0 Å². The molecule has 1 N–H and O–H groups in total. The van der Waals surface area contributed by atoms with Gasteiger partial charge in [0, 0.05) is 5.69 Å². The molecule has 1 aromatic carbocycles. The molecule has 0 saturated carbocycles. The van der Waals surface area contributed by atoms with E-state index < -0.39 is 5.97 Å². The number of esters is 1. The number of fused-ring (bicyclic) bond motifs is 1. The molecule has 2 aromatic heterocycles. The molecule has 0 radical (unpaired) electrons. The molecule has 0 aliphatic heterocycles. The number of nitrogens with one attached hydrogen (secondary N) is 1. The molecule has 0 bridgehead atoms. The summed E-state index contributed by atoms with van der Waals surface area (Å²) in [6.45, 7) is 11.7. The fraction of sp³-hybridized carbons (Fsp3) is 0.250. The molecular formula is C20H23N3O2. The van der Waals surface area contributed by atoms with Crippen LogP contribution in [0, 0.1) is 6.92 Å². The first-order valence-corrected chi connectivity index (χ1v) is 8.21. The number of H-pyrrole nitrogens is 1. The first kappa shape index (κ1) is 18.4. The van der Waals surface area contributed by atoms with Gasteiger partial charge < -0.3 is 9.72 Å². The number of rotatable bonds is 3. The van der Waals surface area contributed by atoms with Gasteiger partial charge in [0.2, 0.25) is 0 Å². The normalized spacial score (nSPS) is 10.1. The molecule has 25 heavy (non-hydrogen) atoms. The second kappa shape index (κ2) is 7.75. The zero-order valence-electron chi connectivity index (χ0n) is 15.3. The van der Waals surface area contributed by atoms with Gasteiger partial charge in [0.25, 0.3) is 0 Å². The number of carbonyl (C=O) groups excluding carboxylic acids is 1. The van der Waals surface area contributed by atoms with Gasteiger partial charge >= 0.3 is 5.97 Å². The van der Waals surface area contributed by atoms with Crippen molar-refractivity contribution in [1.29, 1.82) is 0 Å². The molecule has 0 fully saturated rings. The maximum atomic E-state index is 11.9. The van der Waals surface area contributed by atoms with Crippen LogP contribution in [0.1, 0.15) is 42.6 Å². The Morgan fingerprint density at radius 2 is 1.80 bits per heavy atom. The number of nitrogens with zero attached hydrogens (tertiary/aromatic N) is 2. The Kier molecular flexibility index (Phi) is 5.70. The van der Waals surface area contributed by atoms with E-state index in [0.717, 1.165) is 22.4 Å². The number of carbonyl (C=O) groups is 1. The Labute approximate surface area is 147 Å². The summed E-state index contributed by atoms with van der Waals surface area (Å²) in [5.74, 6) is 0.0487. The number of aryl methyl sites for hydroxylation is 1. The minimum absolute atomic E-state index is 0.250. The van der Waals surface area contributed by atoms with E-state index >= 15 is 0 Å². The van der Waals surface area contributed by atoms with Gasteiger partial charge in [0.15, 0.2) is 5.69 Å². The van der Waals surface area contributed by atoms with Crippen LogP contribution < -0.4 is 0 Å². The van der Waals surface area contributed by atoms with Crippen molar-refractivity contribution in [3.63, 3.8) is 0 Å². The van der Waals surface area contributed by atoms with E-state index in [2.05, 4.69) is 21.5 Å². The highest BCUT2D eigenvalue weighted by molar-refractivity contribution is 6.01. The second-order valence-electron chi connectivity index (χ2n) is 5.41. The SMILES string of the molecule is C=C(C)c1ccc(-c2cc3nc(C)nc(C(=O)OC)c3[nH]2)cc1.CC. The lowest BCUT2D eigenvalue weighted by Crippen LogP contribution is -2.07. The van der Waals surface area contributed by atoms with Crippen molar-refractivity contribution in [3.05, 3.63) is 54.0 Å². The molecule has 2 heterocycles. The summed E-state index contributed by atoms with van der Waals surface area (Å²) >= 11 is 0. The van der Waals surface area contributed by atoms with Gasteiger partial charge in [-0.15, -0.1) is 0 Å². The minimum atomic E-state index is -0.480. The van der Waals surface area contributed by atoms with Gasteiger partial charge in [-0.05, 0) is 31.0 Å². The highest BCUT2D eigenvalue weighted by Crippen LogP contribution is 2.26. The number of hydrogen-bond acceptors (Lipinski definition) is 4. The summed E-state index contributed by atoms with van der Waals surface area (Å²) in [7, 11) is 1.34. The van der Waals surface area contributed by atoms with Crippen LogP contribution in [0.4, 0.5) is 0 Å². The minimum Gasteiger partial charge on any atom is -0.464 e. The molecule has 0 atom stereocenters. The maximum Gasteiger partial charge on any atom is 0.358 e. The molecule has 0 aliphatic carbocycles. The molecule has 5 heteroatoms. The molecule has 0 spiro atoms. The van der Waals surface area contributed by atoms with Crippen LogP contribution in [0.2, 0.25) is 0 Å². The number of benzene rings is 1. The molecule has 3 aromatic rings. The van der Waals surface area contributed by atoms with Gasteiger partial charge in [-0.1, -0.05) is 50.3 Å². The lowest BCUT2D eigenvalue weighted by molar-refractivity contribution is 0.0596. The van der Waals surface area contributed by atoms with Gasteiger partial charge in [0.05, 0.1) is 18.1 Å². The van der Waals surface area contributed by atoms with E-state index in [4.69, 9.17) is 4.74 Å². The number of aromatic amines is 1. The summed E-state index contributed by atoms with van der Waals surface area (Å²) in [4.78, 5) is 23.7.